The number of nitrogens with zero attached hydrogens (tertiary/aromatic N) is 1. The Morgan fingerprint density at radius 3 is 2.64 bits per heavy atom. The predicted octanol–water partition coefficient (Wildman–Crippen LogP) is 3.68. The van der Waals surface area contributed by atoms with Gasteiger partial charge in [-0.15, -0.1) is 0 Å². The van der Waals surface area contributed by atoms with E-state index in [-0.39, 0.29) is 6.29 Å². The van der Waals surface area contributed by atoms with Gasteiger partial charge in [0.2, 0.25) is 0 Å². The Balaban J connectivity index is 1.28. The minimum absolute atomic E-state index is 0.0680. The molecular weight excluding hydrogens is 274 g/mol. The molecule has 0 N–H and O–H groups in total. The van der Waals surface area contributed by atoms with Crippen LogP contribution in [0.5, 0.6) is 0 Å². The molecule has 0 amide bonds. The summed E-state index contributed by atoms with van der Waals surface area (Å²) in [6.45, 7) is 9.37. The van der Waals surface area contributed by atoms with Crippen LogP contribution in [0, 0.1) is 23.2 Å². The van der Waals surface area contributed by atoms with Gasteiger partial charge in [0.15, 0.2) is 6.29 Å². The average molecular weight is 307 g/mol. The first kappa shape index (κ1) is 15.4. The first-order valence-corrected chi connectivity index (χ1v) is 9.62. The maximum atomic E-state index is 6.26. The van der Waals surface area contributed by atoms with E-state index in [9.17, 15) is 0 Å². The number of hydrogen-bond acceptors (Lipinski definition) is 3. The second-order valence-corrected chi connectivity index (χ2v) is 8.82. The van der Waals surface area contributed by atoms with Crippen molar-refractivity contribution in [3.05, 3.63) is 0 Å². The lowest BCUT2D eigenvalue weighted by Crippen LogP contribution is -2.38. The number of fused-ring (bicyclic) bond motifs is 2. The topological polar surface area (TPSA) is 21.7 Å². The molecule has 2 aliphatic heterocycles. The normalized spacial score (nSPS) is 44.7. The molecule has 5 atom stereocenters. The summed E-state index contributed by atoms with van der Waals surface area (Å²) in [6, 6.07) is 0. The fourth-order valence-corrected chi connectivity index (χ4v) is 5.83. The molecule has 0 unspecified atom stereocenters. The number of ether oxygens (including phenoxy) is 2. The second-order valence-electron chi connectivity index (χ2n) is 8.82. The Bertz CT molecular complexity index is 391. The summed E-state index contributed by atoms with van der Waals surface area (Å²) in [6.07, 6.45) is 9.99. The van der Waals surface area contributed by atoms with Gasteiger partial charge in [-0.05, 0) is 68.4 Å². The highest BCUT2D eigenvalue weighted by molar-refractivity contribution is 5.02. The van der Waals surface area contributed by atoms with E-state index in [1.807, 2.05) is 0 Å². The van der Waals surface area contributed by atoms with Crippen molar-refractivity contribution in [1.82, 2.24) is 4.90 Å². The maximum absolute atomic E-state index is 6.26. The zero-order valence-corrected chi connectivity index (χ0v) is 14.4. The molecule has 2 bridgehead atoms. The zero-order chi connectivity index (χ0) is 15.2. The quantitative estimate of drug-likeness (QED) is 0.791. The third-order valence-corrected chi connectivity index (χ3v) is 7.22. The Morgan fingerprint density at radius 1 is 1.09 bits per heavy atom. The fourth-order valence-electron chi connectivity index (χ4n) is 5.83. The van der Waals surface area contributed by atoms with Gasteiger partial charge < -0.3 is 14.4 Å². The smallest absolute Gasteiger partial charge is 0.158 e. The summed E-state index contributed by atoms with van der Waals surface area (Å²) >= 11 is 0. The van der Waals surface area contributed by atoms with Crippen molar-refractivity contribution in [2.24, 2.45) is 23.2 Å². The summed E-state index contributed by atoms with van der Waals surface area (Å²) in [5.41, 5.74) is 0.501. The number of rotatable bonds is 4. The van der Waals surface area contributed by atoms with Crippen molar-refractivity contribution in [2.45, 2.75) is 71.2 Å². The van der Waals surface area contributed by atoms with Gasteiger partial charge in [0.05, 0.1) is 12.7 Å². The van der Waals surface area contributed by atoms with Crippen LogP contribution in [0.1, 0.15) is 58.8 Å². The number of hydrogen-bond donors (Lipinski definition) is 0. The summed E-state index contributed by atoms with van der Waals surface area (Å²) in [5.74, 6) is 2.70. The first-order valence-electron chi connectivity index (χ1n) is 9.62. The van der Waals surface area contributed by atoms with Crippen LogP contribution in [0.25, 0.3) is 0 Å². The Labute approximate surface area is 135 Å². The molecule has 0 aromatic carbocycles. The van der Waals surface area contributed by atoms with Crippen LogP contribution < -0.4 is 0 Å². The lowest BCUT2D eigenvalue weighted by Gasteiger charge is -2.39. The summed E-state index contributed by atoms with van der Waals surface area (Å²) in [5, 5.41) is 0. The highest BCUT2D eigenvalue weighted by Crippen LogP contribution is 2.60. The maximum Gasteiger partial charge on any atom is 0.158 e. The van der Waals surface area contributed by atoms with E-state index in [4.69, 9.17) is 9.47 Å². The summed E-state index contributed by atoms with van der Waals surface area (Å²) in [4.78, 5) is 2.57. The van der Waals surface area contributed by atoms with E-state index in [0.29, 0.717) is 11.5 Å². The van der Waals surface area contributed by atoms with Crippen LogP contribution in [-0.4, -0.2) is 43.5 Å². The van der Waals surface area contributed by atoms with Crippen molar-refractivity contribution in [2.75, 3.05) is 26.2 Å². The Morgan fingerprint density at radius 2 is 1.91 bits per heavy atom. The molecule has 2 saturated carbocycles. The van der Waals surface area contributed by atoms with Crippen LogP contribution in [0.3, 0.4) is 0 Å². The zero-order valence-electron chi connectivity index (χ0n) is 14.4. The molecule has 0 radical (unpaired) electrons. The molecule has 22 heavy (non-hydrogen) atoms. The highest BCUT2D eigenvalue weighted by atomic mass is 16.7. The third-order valence-electron chi connectivity index (χ3n) is 7.22. The van der Waals surface area contributed by atoms with Crippen LogP contribution in [0.15, 0.2) is 0 Å². The Hall–Kier alpha value is -0.120. The number of piperidine rings is 1. The van der Waals surface area contributed by atoms with E-state index in [0.717, 1.165) is 37.3 Å². The lowest BCUT2D eigenvalue weighted by molar-refractivity contribution is -0.0909. The van der Waals surface area contributed by atoms with Crippen molar-refractivity contribution in [3.63, 3.8) is 0 Å². The van der Waals surface area contributed by atoms with Gasteiger partial charge in [-0.25, -0.2) is 0 Å². The van der Waals surface area contributed by atoms with Crippen LogP contribution in [0.4, 0.5) is 0 Å². The monoisotopic (exact) mass is 307 g/mol. The summed E-state index contributed by atoms with van der Waals surface area (Å²) < 4.78 is 12.3. The molecule has 4 aliphatic rings. The van der Waals surface area contributed by atoms with Gasteiger partial charge in [0.25, 0.3) is 0 Å². The van der Waals surface area contributed by atoms with Gasteiger partial charge in [0, 0.05) is 13.0 Å². The molecule has 126 valence electrons. The average Bonchev–Trinajstić information content (AvgIpc) is 3.19. The molecular formula is C19H33NO2. The summed E-state index contributed by atoms with van der Waals surface area (Å²) in [7, 11) is 0. The largest absolute Gasteiger partial charge is 0.350 e. The lowest BCUT2D eigenvalue weighted by atomic mass is 9.67. The van der Waals surface area contributed by atoms with Crippen molar-refractivity contribution < 1.29 is 9.47 Å². The fraction of sp³-hybridized carbons (Fsp3) is 1.00. The molecule has 2 aliphatic carbocycles. The molecule has 4 fully saturated rings. The van der Waals surface area contributed by atoms with E-state index >= 15 is 0 Å². The minimum Gasteiger partial charge on any atom is -0.350 e. The molecule has 3 heteroatoms. The molecule has 4 rings (SSSR count). The molecule has 2 heterocycles. The standard InChI is InChI=1S/C19H33NO2/c1-19(2)15-7-6-14(10-15)17(19)11-18-21-13-16(22-18)12-20-8-4-3-5-9-20/h14-18H,3-13H2,1-2H3/t14-,15+,16-,17+,18-/m1/s1. The SMILES string of the molecule is CC1(C)[C@H]2CC[C@H](C2)[C@@H]1C[C@@H]1OC[C@@H](CN2CCCCC2)O1. The Kier molecular flexibility index (Phi) is 4.25. The van der Waals surface area contributed by atoms with Crippen molar-refractivity contribution >= 4 is 0 Å². The van der Waals surface area contributed by atoms with Crippen molar-refractivity contribution in [1.29, 1.82) is 0 Å². The van der Waals surface area contributed by atoms with Gasteiger partial charge >= 0.3 is 0 Å². The van der Waals surface area contributed by atoms with Crippen LogP contribution in [0.2, 0.25) is 0 Å². The molecule has 3 nitrogen and oxygen atoms in total. The van der Waals surface area contributed by atoms with Gasteiger partial charge in [0.1, 0.15) is 0 Å². The van der Waals surface area contributed by atoms with Crippen LogP contribution in [-0.2, 0) is 9.47 Å². The van der Waals surface area contributed by atoms with E-state index in [1.165, 1.54) is 51.6 Å². The molecule has 0 aromatic heterocycles. The second kappa shape index (κ2) is 6.07. The van der Waals surface area contributed by atoms with Crippen LogP contribution >= 0.6 is 0 Å². The van der Waals surface area contributed by atoms with Gasteiger partial charge in [-0.1, -0.05) is 20.3 Å². The predicted molar refractivity (Wildman–Crippen MR) is 87.6 cm³/mol. The van der Waals surface area contributed by atoms with E-state index in [2.05, 4.69) is 18.7 Å². The van der Waals surface area contributed by atoms with Gasteiger partial charge in [-0.3, -0.25) is 0 Å². The third kappa shape index (κ3) is 2.85. The molecule has 0 aromatic rings. The van der Waals surface area contributed by atoms with E-state index in [1.54, 1.807) is 0 Å². The highest BCUT2D eigenvalue weighted by Gasteiger charge is 2.53. The van der Waals surface area contributed by atoms with Gasteiger partial charge in [-0.2, -0.15) is 0 Å². The minimum atomic E-state index is 0.0680. The molecule has 2 saturated heterocycles. The molecule has 0 spiro atoms. The van der Waals surface area contributed by atoms with E-state index < -0.39 is 0 Å². The first-order chi connectivity index (χ1) is 10.6. The van der Waals surface area contributed by atoms with Crippen molar-refractivity contribution in [3.8, 4) is 0 Å². The number of likely N-dealkylation sites (tertiary alicyclic amines) is 1.